The zero-order chi connectivity index (χ0) is 22.8. The Kier molecular flexibility index (Phi) is 5.57. The molecule has 0 unspecified atom stereocenters. The second kappa shape index (κ2) is 8.83. The maximum Gasteiger partial charge on any atom is 0.257 e. The Bertz CT molecular complexity index is 1450. The van der Waals surface area contributed by atoms with E-state index >= 15 is 0 Å². The van der Waals surface area contributed by atoms with Gasteiger partial charge in [-0.2, -0.15) is 25.2 Å². The van der Waals surface area contributed by atoms with Crippen LogP contribution in [0.3, 0.4) is 0 Å². The SMILES string of the molecule is Cc1cc(C)n(-c2nc(N/N=C\c3c[nH]c4ccccc34)nc(Nc3ccc(Br)cc3)n2)n1. The molecule has 0 aliphatic rings. The lowest BCUT2D eigenvalue weighted by atomic mass is 10.2. The highest BCUT2D eigenvalue weighted by Crippen LogP contribution is 2.20. The van der Waals surface area contributed by atoms with Crippen LogP contribution in [-0.2, 0) is 0 Å². The number of aromatic amines is 1. The summed E-state index contributed by atoms with van der Waals surface area (Å²) in [4.78, 5) is 16.8. The first kappa shape index (κ1) is 20.8. The standard InChI is InChI=1S/C23H20BrN9/c1-14-11-15(2)33(32-14)23-29-21(27-18-9-7-17(24)8-10-18)28-22(30-23)31-26-13-16-12-25-20-6-4-3-5-19(16)20/h3-13,25H,1-2H3,(H2,27,28,29,30,31)/b26-13-. The predicted molar refractivity (Wildman–Crippen MR) is 133 cm³/mol. The van der Waals surface area contributed by atoms with E-state index in [0.29, 0.717) is 17.8 Å². The fourth-order valence-electron chi connectivity index (χ4n) is 3.42. The van der Waals surface area contributed by atoms with Gasteiger partial charge in [0.05, 0.1) is 11.9 Å². The predicted octanol–water partition coefficient (Wildman–Crippen LogP) is 5.11. The third-order valence-corrected chi connectivity index (χ3v) is 5.44. The molecule has 10 heteroatoms. The number of hydrogen-bond donors (Lipinski definition) is 3. The first-order valence-corrected chi connectivity index (χ1v) is 11.0. The van der Waals surface area contributed by atoms with Crippen molar-refractivity contribution in [1.29, 1.82) is 0 Å². The van der Waals surface area contributed by atoms with Crippen LogP contribution in [0.2, 0.25) is 0 Å². The number of hydrazone groups is 1. The Hall–Kier alpha value is -4.05. The van der Waals surface area contributed by atoms with Gasteiger partial charge in [0, 0.05) is 38.5 Å². The molecule has 33 heavy (non-hydrogen) atoms. The van der Waals surface area contributed by atoms with Gasteiger partial charge in [-0.1, -0.05) is 34.1 Å². The summed E-state index contributed by atoms with van der Waals surface area (Å²) >= 11 is 3.45. The number of nitrogens with zero attached hydrogens (tertiary/aromatic N) is 6. The van der Waals surface area contributed by atoms with Crippen LogP contribution in [-0.4, -0.2) is 35.9 Å². The van der Waals surface area contributed by atoms with Crippen molar-refractivity contribution in [2.75, 3.05) is 10.7 Å². The van der Waals surface area contributed by atoms with E-state index in [1.807, 2.05) is 74.6 Å². The number of benzene rings is 2. The number of halogens is 1. The Morgan fingerprint density at radius 1 is 1.00 bits per heavy atom. The molecule has 3 aromatic heterocycles. The fourth-order valence-corrected chi connectivity index (χ4v) is 3.68. The van der Waals surface area contributed by atoms with Crippen molar-refractivity contribution >= 4 is 50.6 Å². The zero-order valence-electron chi connectivity index (χ0n) is 17.9. The Morgan fingerprint density at radius 3 is 2.58 bits per heavy atom. The van der Waals surface area contributed by atoms with Crippen molar-refractivity contribution in [2.24, 2.45) is 5.10 Å². The minimum Gasteiger partial charge on any atom is -0.361 e. The number of hydrogen-bond acceptors (Lipinski definition) is 7. The van der Waals surface area contributed by atoms with E-state index in [0.717, 1.165) is 38.0 Å². The molecule has 0 radical (unpaired) electrons. The summed E-state index contributed by atoms with van der Waals surface area (Å²) in [7, 11) is 0. The summed E-state index contributed by atoms with van der Waals surface area (Å²) in [5.74, 6) is 1.06. The number of nitrogens with one attached hydrogen (secondary N) is 3. The second-order valence-corrected chi connectivity index (χ2v) is 8.33. The summed E-state index contributed by atoms with van der Waals surface area (Å²) in [6.07, 6.45) is 3.64. The van der Waals surface area contributed by atoms with Crippen molar-refractivity contribution < 1.29 is 0 Å². The molecular weight excluding hydrogens is 482 g/mol. The molecule has 0 saturated carbocycles. The Labute approximate surface area is 198 Å². The normalized spacial score (nSPS) is 11.4. The van der Waals surface area contributed by atoms with Gasteiger partial charge in [-0.15, -0.1) is 0 Å². The van der Waals surface area contributed by atoms with Gasteiger partial charge in [-0.25, -0.2) is 10.1 Å². The lowest BCUT2D eigenvalue weighted by Crippen LogP contribution is -2.11. The van der Waals surface area contributed by atoms with Gasteiger partial charge in [-0.05, 0) is 50.2 Å². The number of fused-ring (bicyclic) bond motifs is 1. The Morgan fingerprint density at radius 2 is 1.79 bits per heavy atom. The van der Waals surface area contributed by atoms with Crippen LogP contribution in [0.5, 0.6) is 0 Å². The lowest BCUT2D eigenvalue weighted by Gasteiger charge is -2.09. The highest BCUT2D eigenvalue weighted by atomic mass is 79.9. The molecule has 5 rings (SSSR count). The van der Waals surface area contributed by atoms with Crippen LogP contribution in [0, 0.1) is 13.8 Å². The van der Waals surface area contributed by atoms with Crippen LogP contribution in [0.4, 0.5) is 17.6 Å². The first-order valence-electron chi connectivity index (χ1n) is 10.2. The molecule has 0 atom stereocenters. The summed E-state index contributed by atoms with van der Waals surface area (Å²) in [5, 5.41) is 13.1. The average molecular weight is 502 g/mol. The van der Waals surface area contributed by atoms with Gasteiger partial charge >= 0.3 is 0 Å². The zero-order valence-corrected chi connectivity index (χ0v) is 19.5. The topological polar surface area (TPSA) is 109 Å². The van der Waals surface area contributed by atoms with Crippen LogP contribution >= 0.6 is 15.9 Å². The quantitative estimate of drug-likeness (QED) is 0.220. The number of rotatable bonds is 6. The third kappa shape index (κ3) is 4.60. The summed E-state index contributed by atoms with van der Waals surface area (Å²) in [5.41, 5.74) is 7.57. The maximum atomic E-state index is 4.55. The van der Waals surface area contributed by atoms with E-state index in [4.69, 9.17) is 0 Å². The first-order chi connectivity index (χ1) is 16.0. The van der Waals surface area contributed by atoms with E-state index in [2.05, 4.69) is 56.8 Å². The average Bonchev–Trinajstić information content (AvgIpc) is 3.37. The summed E-state index contributed by atoms with van der Waals surface area (Å²) in [6.45, 7) is 3.88. The molecule has 0 spiro atoms. The molecule has 3 N–H and O–H groups in total. The molecule has 0 aliphatic heterocycles. The van der Waals surface area contributed by atoms with Gasteiger partial charge in [0.2, 0.25) is 11.9 Å². The molecule has 0 saturated heterocycles. The summed E-state index contributed by atoms with van der Waals surface area (Å²) in [6, 6.07) is 17.7. The number of anilines is 3. The largest absolute Gasteiger partial charge is 0.361 e. The van der Waals surface area contributed by atoms with Crippen molar-refractivity contribution in [2.45, 2.75) is 13.8 Å². The molecular formula is C23H20BrN9. The molecule has 164 valence electrons. The molecule has 3 heterocycles. The number of para-hydroxylation sites is 1. The van der Waals surface area contributed by atoms with Gasteiger partial charge in [0.15, 0.2) is 0 Å². The van der Waals surface area contributed by atoms with E-state index < -0.39 is 0 Å². The van der Waals surface area contributed by atoms with E-state index in [9.17, 15) is 0 Å². The molecule has 0 amide bonds. The number of H-pyrrole nitrogens is 1. The van der Waals surface area contributed by atoms with Crippen molar-refractivity contribution in [1.82, 2.24) is 29.7 Å². The van der Waals surface area contributed by atoms with Crippen LogP contribution < -0.4 is 10.7 Å². The smallest absolute Gasteiger partial charge is 0.257 e. The van der Waals surface area contributed by atoms with E-state index in [1.165, 1.54) is 0 Å². The lowest BCUT2D eigenvalue weighted by molar-refractivity contribution is 0.767. The molecule has 0 bridgehead atoms. The molecule has 2 aromatic carbocycles. The van der Waals surface area contributed by atoms with Crippen molar-refractivity contribution in [3.05, 3.63) is 82.2 Å². The van der Waals surface area contributed by atoms with Crippen LogP contribution in [0.25, 0.3) is 16.9 Å². The maximum absolute atomic E-state index is 4.55. The van der Waals surface area contributed by atoms with E-state index in [1.54, 1.807) is 10.9 Å². The van der Waals surface area contributed by atoms with Gasteiger partial charge in [0.25, 0.3) is 5.95 Å². The van der Waals surface area contributed by atoms with Gasteiger partial charge < -0.3 is 10.3 Å². The highest BCUT2D eigenvalue weighted by molar-refractivity contribution is 9.10. The minimum absolute atomic E-state index is 0.295. The number of aryl methyl sites for hydroxylation is 2. The molecule has 9 nitrogen and oxygen atoms in total. The van der Waals surface area contributed by atoms with Gasteiger partial charge in [-0.3, -0.25) is 0 Å². The molecule has 0 fully saturated rings. The second-order valence-electron chi connectivity index (χ2n) is 7.41. The monoisotopic (exact) mass is 501 g/mol. The number of aromatic nitrogens is 6. The third-order valence-electron chi connectivity index (χ3n) is 4.91. The fraction of sp³-hybridized carbons (Fsp3) is 0.0870. The van der Waals surface area contributed by atoms with Crippen LogP contribution in [0.15, 0.2) is 70.4 Å². The summed E-state index contributed by atoms with van der Waals surface area (Å²) < 4.78 is 2.67. The van der Waals surface area contributed by atoms with Crippen molar-refractivity contribution in [3.63, 3.8) is 0 Å². The highest BCUT2D eigenvalue weighted by Gasteiger charge is 2.12. The van der Waals surface area contributed by atoms with E-state index in [-0.39, 0.29) is 0 Å². The van der Waals surface area contributed by atoms with Crippen molar-refractivity contribution in [3.8, 4) is 5.95 Å². The molecule has 0 aliphatic carbocycles. The molecule has 5 aromatic rings. The Balaban J connectivity index is 1.46. The van der Waals surface area contributed by atoms with Crippen LogP contribution in [0.1, 0.15) is 17.0 Å². The van der Waals surface area contributed by atoms with Gasteiger partial charge in [0.1, 0.15) is 0 Å². The minimum atomic E-state index is 0.295.